The molecule has 19 heavy (non-hydrogen) atoms. The number of nitrogens with one attached hydrogen (secondary N) is 1. The summed E-state index contributed by atoms with van der Waals surface area (Å²) in [6.07, 6.45) is 0.267. The van der Waals surface area contributed by atoms with Crippen LogP contribution in [-0.2, 0) is 11.2 Å². The van der Waals surface area contributed by atoms with Crippen molar-refractivity contribution in [1.82, 2.24) is 5.32 Å². The number of ether oxygens (including phenoxy) is 1. The highest BCUT2D eigenvalue weighted by atomic mass is 127. The van der Waals surface area contributed by atoms with Crippen LogP contribution in [0.1, 0.15) is 26.3 Å². The molecule has 1 aromatic carbocycles. The quantitative estimate of drug-likeness (QED) is 0.619. The van der Waals surface area contributed by atoms with Crippen LogP contribution in [0.3, 0.4) is 0 Å². The maximum Gasteiger partial charge on any atom is 0.407 e. The molecule has 0 spiro atoms. The normalized spacial score (nSPS) is 12.9. The lowest BCUT2D eigenvalue weighted by Gasteiger charge is -2.22. The number of rotatable bonds is 4. The Kier molecular flexibility index (Phi) is 6.39. The van der Waals surface area contributed by atoms with E-state index in [1.807, 2.05) is 45.0 Å². The average Bonchev–Trinajstić information content (AvgIpc) is 2.28. The SMILES string of the molecule is CC(C)(C)OC(=O)N[C@@H](CCl)Cc1ccc(I)cc1. The fraction of sp³-hybridized carbons (Fsp3) is 0.500. The predicted molar refractivity (Wildman–Crippen MR) is 86.7 cm³/mol. The lowest BCUT2D eigenvalue weighted by Crippen LogP contribution is -2.41. The number of hydrogen-bond acceptors (Lipinski definition) is 2. The first-order chi connectivity index (χ1) is 8.80. The third kappa shape index (κ3) is 7.01. The molecule has 0 saturated heterocycles. The van der Waals surface area contributed by atoms with Gasteiger partial charge in [0.25, 0.3) is 0 Å². The van der Waals surface area contributed by atoms with Crippen LogP contribution in [0.2, 0.25) is 0 Å². The van der Waals surface area contributed by atoms with Gasteiger partial charge in [-0.25, -0.2) is 4.79 Å². The monoisotopic (exact) mass is 395 g/mol. The summed E-state index contributed by atoms with van der Waals surface area (Å²) >= 11 is 8.15. The van der Waals surface area contributed by atoms with Gasteiger partial charge in [0.2, 0.25) is 0 Å². The topological polar surface area (TPSA) is 38.3 Å². The van der Waals surface area contributed by atoms with E-state index in [4.69, 9.17) is 16.3 Å². The Morgan fingerprint density at radius 3 is 2.42 bits per heavy atom. The second-order valence-corrected chi connectivity index (χ2v) is 6.88. The van der Waals surface area contributed by atoms with Crippen LogP contribution in [0, 0.1) is 3.57 Å². The van der Waals surface area contributed by atoms with E-state index >= 15 is 0 Å². The third-order valence-electron chi connectivity index (χ3n) is 2.30. The number of alkyl carbamates (subject to hydrolysis) is 1. The molecule has 0 radical (unpaired) electrons. The summed E-state index contributed by atoms with van der Waals surface area (Å²) in [6, 6.07) is 8.02. The zero-order chi connectivity index (χ0) is 14.5. The van der Waals surface area contributed by atoms with Crippen LogP contribution in [0.15, 0.2) is 24.3 Å². The molecule has 3 nitrogen and oxygen atoms in total. The summed E-state index contributed by atoms with van der Waals surface area (Å²) in [5.74, 6) is 0.352. The van der Waals surface area contributed by atoms with Crippen molar-refractivity contribution in [2.45, 2.75) is 38.8 Å². The van der Waals surface area contributed by atoms with Gasteiger partial charge in [0.15, 0.2) is 0 Å². The summed E-state index contributed by atoms with van der Waals surface area (Å²) in [6.45, 7) is 5.50. The van der Waals surface area contributed by atoms with Crippen molar-refractivity contribution in [2.24, 2.45) is 0 Å². The highest BCUT2D eigenvalue weighted by molar-refractivity contribution is 14.1. The minimum atomic E-state index is -0.496. The Labute approximate surface area is 133 Å². The van der Waals surface area contributed by atoms with E-state index in [2.05, 4.69) is 27.9 Å². The molecule has 0 saturated carbocycles. The van der Waals surface area contributed by atoms with Gasteiger partial charge < -0.3 is 10.1 Å². The van der Waals surface area contributed by atoms with Gasteiger partial charge >= 0.3 is 6.09 Å². The van der Waals surface area contributed by atoms with Crippen molar-refractivity contribution in [3.8, 4) is 0 Å². The van der Waals surface area contributed by atoms with Gasteiger partial charge in [-0.3, -0.25) is 0 Å². The molecule has 0 aromatic heterocycles. The van der Waals surface area contributed by atoms with Crippen LogP contribution < -0.4 is 5.32 Å². The van der Waals surface area contributed by atoms with E-state index in [-0.39, 0.29) is 6.04 Å². The molecule has 106 valence electrons. The molecule has 0 aliphatic rings. The van der Waals surface area contributed by atoms with Gasteiger partial charge in [-0.05, 0) is 67.5 Å². The molecule has 0 fully saturated rings. The van der Waals surface area contributed by atoms with Crippen LogP contribution in [-0.4, -0.2) is 23.6 Å². The second kappa shape index (κ2) is 7.33. The molecule has 0 bridgehead atoms. The molecule has 1 amide bonds. The smallest absolute Gasteiger partial charge is 0.407 e. The largest absolute Gasteiger partial charge is 0.444 e. The fourth-order valence-corrected chi connectivity index (χ4v) is 2.07. The fourth-order valence-electron chi connectivity index (χ4n) is 1.52. The molecule has 1 atom stereocenters. The van der Waals surface area contributed by atoms with Gasteiger partial charge in [-0.15, -0.1) is 11.6 Å². The number of benzene rings is 1. The maximum absolute atomic E-state index is 11.7. The summed E-state index contributed by atoms with van der Waals surface area (Å²) in [7, 11) is 0. The molecule has 1 rings (SSSR count). The highest BCUT2D eigenvalue weighted by Gasteiger charge is 2.19. The van der Waals surface area contributed by atoms with Crippen LogP contribution in [0.4, 0.5) is 4.79 Å². The van der Waals surface area contributed by atoms with Gasteiger partial charge in [0, 0.05) is 15.5 Å². The molecule has 0 heterocycles. The number of alkyl halides is 1. The Morgan fingerprint density at radius 2 is 1.95 bits per heavy atom. The van der Waals surface area contributed by atoms with E-state index < -0.39 is 11.7 Å². The van der Waals surface area contributed by atoms with E-state index in [1.165, 1.54) is 3.57 Å². The number of hydrogen-bond donors (Lipinski definition) is 1. The standard InChI is InChI=1S/C14H19ClINO2/c1-14(2,3)19-13(18)17-12(9-15)8-10-4-6-11(16)7-5-10/h4-7,12H,8-9H2,1-3H3,(H,17,18)/t12-/m1/s1. The summed E-state index contributed by atoms with van der Waals surface area (Å²) in [5.41, 5.74) is 0.645. The first-order valence-corrected chi connectivity index (χ1v) is 7.71. The molecule has 0 unspecified atom stereocenters. The molecular weight excluding hydrogens is 377 g/mol. The lowest BCUT2D eigenvalue weighted by atomic mass is 10.1. The van der Waals surface area contributed by atoms with Crippen LogP contribution in [0.5, 0.6) is 0 Å². The first kappa shape index (κ1) is 16.6. The zero-order valence-electron chi connectivity index (χ0n) is 11.4. The maximum atomic E-state index is 11.7. The molecular formula is C14H19ClINO2. The lowest BCUT2D eigenvalue weighted by molar-refractivity contribution is 0.0509. The molecule has 0 aliphatic heterocycles. The third-order valence-corrected chi connectivity index (χ3v) is 3.39. The van der Waals surface area contributed by atoms with E-state index in [0.29, 0.717) is 12.3 Å². The second-order valence-electron chi connectivity index (χ2n) is 5.33. The number of amides is 1. The summed E-state index contributed by atoms with van der Waals surface area (Å²) in [5, 5.41) is 2.79. The Bertz CT molecular complexity index is 414. The Morgan fingerprint density at radius 1 is 1.37 bits per heavy atom. The zero-order valence-corrected chi connectivity index (χ0v) is 14.3. The average molecular weight is 396 g/mol. The minimum Gasteiger partial charge on any atom is -0.444 e. The Balaban J connectivity index is 2.54. The van der Waals surface area contributed by atoms with Crippen molar-refractivity contribution in [2.75, 3.05) is 5.88 Å². The van der Waals surface area contributed by atoms with Crippen molar-refractivity contribution in [1.29, 1.82) is 0 Å². The highest BCUT2D eigenvalue weighted by Crippen LogP contribution is 2.11. The van der Waals surface area contributed by atoms with Gasteiger partial charge in [0.05, 0.1) is 0 Å². The van der Waals surface area contributed by atoms with Crippen molar-refractivity contribution in [3.63, 3.8) is 0 Å². The summed E-state index contributed by atoms with van der Waals surface area (Å²) in [4.78, 5) is 11.7. The van der Waals surface area contributed by atoms with Crippen LogP contribution >= 0.6 is 34.2 Å². The number of carbonyl (C=O) groups excluding carboxylic acids is 1. The van der Waals surface area contributed by atoms with E-state index in [1.54, 1.807) is 0 Å². The van der Waals surface area contributed by atoms with Crippen LogP contribution in [0.25, 0.3) is 0 Å². The molecule has 0 aliphatic carbocycles. The Hall–Kier alpha value is -0.490. The number of halogens is 2. The summed E-state index contributed by atoms with van der Waals surface area (Å²) < 4.78 is 6.40. The van der Waals surface area contributed by atoms with Crippen molar-refractivity contribution >= 4 is 40.3 Å². The number of carbonyl (C=O) groups is 1. The van der Waals surface area contributed by atoms with E-state index in [0.717, 1.165) is 5.56 Å². The van der Waals surface area contributed by atoms with Gasteiger partial charge in [-0.2, -0.15) is 0 Å². The van der Waals surface area contributed by atoms with Gasteiger partial charge in [0.1, 0.15) is 5.60 Å². The molecule has 1 aromatic rings. The molecule has 5 heteroatoms. The predicted octanol–water partition coefficient (Wildman–Crippen LogP) is 3.97. The van der Waals surface area contributed by atoms with Gasteiger partial charge in [-0.1, -0.05) is 12.1 Å². The first-order valence-electron chi connectivity index (χ1n) is 6.10. The minimum absolute atomic E-state index is 0.128. The van der Waals surface area contributed by atoms with E-state index in [9.17, 15) is 4.79 Å². The molecule has 1 N–H and O–H groups in total. The van der Waals surface area contributed by atoms with Crippen molar-refractivity contribution < 1.29 is 9.53 Å². The van der Waals surface area contributed by atoms with Crippen molar-refractivity contribution in [3.05, 3.63) is 33.4 Å².